The Morgan fingerprint density at radius 3 is 2.24 bits per heavy atom. The van der Waals surface area contributed by atoms with Gasteiger partial charge in [0.1, 0.15) is 0 Å². The first kappa shape index (κ1) is 9.64. The van der Waals surface area contributed by atoms with Crippen molar-refractivity contribution in [2.24, 2.45) is 23.7 Å². The zero-order valence-corrected chi connectivity index (χ0v) is 9.67. The maximum atomic E-state index is 8.76. The summed E-state index contributed by atoms with van der Waals surface area (Å²) in [7, 11) is 0. The molecule has 4 nitrogen and oxygen atoms in total. The minimum Gasteiger partial charge on any atom is -0.323 e. The fraction of sp³-hybridized carbons (Fsp3) is 0.769. The summed E-state index contributed by atoms with van der Waals surface area (Å²) in [6.07, 6.45) is 6.82. The summed E-state index contributed by atoms with van der Waals surface area (Å²) in [5, 5.41) is 12.8. The molecule has 4 bridgehead atoms. The SMILES string of the molecule is N#Cc1nc(C2C3CC4CC(C3)CC2C4)no1. The van der Waals surface area contributed by atoms with E-state index in [-0.39, 0.29) is 5.89 Å². The summed E-state index contributed by atoms with van der Waals surface area (Å²) < 4.78 is 4.95. The van der Waals surface area contributed by atoms with Crippen molar-refractivity contribution in [3.05, 3.63) is 11.7 Å². The average molecular weight is 229 g/mol. The molecule has 0 N–H and O–H groups in total. The number of nitrogens with zero attached hydrogens (tertiary/aromatic N) is 3. The summed E-state index contributed by atoms with van der Waals surface area (Å²) in [4.78, 5) is 4.24. The quantitative estimate of drug-likeness (QED) is 0.742. The molecule has 17 heavy (non-hydrogen) atoms. The lowest BCUT2D eigenvalue weighted by Gasteiger charge is -2.53. The molecule has 1 heterocycles. The minimum absolute atomic E-state index is 0.119. The van der Waals surface area contributed by atoms with Gasteiger partial charge in [0, 0.05) is 5.92 Å². The highest BCUT2D eigenvalue weighted by Gasteiger charge is 2.50. The van der Waals surface area contributed by atoms with E-state index in [1.807, 2.05) is 6.07 Å². The Balaban J connectivity index is 1.68. The third-order valence-corrected chi connectivity index (χ3v) is 5.06. The Bertz CT molecular complexity index is 459. The van der Waals surface area contributed by atoms with E-state index in [1.165, 1.54) is 32.1 Å². The van der Waals surface area contributed by atoms with Gasteiger partial charge < -0.3 is 4.52 Å². The summed E-state index contributed by atoms with van der Waals surface area (Å²) in [6.45, 7) is 0. The Hall–Kier alpha value is -1.37. The molecule has 0 unspecified atom stereocenters. The Morgan fingerprint density at radius 1 is 1.06 bits per heavy atom. The van der Waals surface area contributed by atoms with Crippen molar-refractivity contribution in [1.29, 1.82) is 5.26 Å². The molecule has 4 aliphatic carbocycles. The molecule has 5 rings (SSSR count). The van der Waals surface area contributed by atoms with Crippen molar-refractivity contribution in [3.8, 4) is 6.07 Å². The molecule has 0 amide bonds. The molecule has 4 fully saturated rings. The van der Waals surface area contributed by atoms with Crippen LogP contribution in [0.5, 0.6) is 0 Å². The van der Waals surface area contributed by atoms with Crippen LogP contribution in [0, 0.1) is 35.0 Å². The third kappa shape index (κ3) is 1.35. The predicted octanol–water partition coefficient (Wildman–Crippen LogP) is 2.48. The van der Waals surface area contributed by atoms with Crippen LogP contribution in [0.15, 0.2) is 4.52 Å². The van der Waals surface area contributed by atoms with Gasteiger partial charge in [0.2, 0.25) is 0 Å². The van der Waals surface area contributed by atoms with Crippen LogP contribution in [0.1, 0.15) is 49.7 Å². The van der Waals surface area contributed by atoms with E-state index >= 15 is 0 Å². The highest BCUT2D eigenvalue weighted by atomic mass is 16.5. The van der Waals surface area contributed by atoms with Crippen molar-refractivity contribution in [2.75, 3.05) is 0 Å². The minimum atomic E-state index is 0.119. The number of hydrogen-bond acceptors (Lipinski definition) is 4. The van der Waals surface area contributed by atoms with Gasteiger partial charge in [0.05, 0.1) is 0 Å². The van der Waals surface area contributed by atoms with Crippen LogP contribution >= 0.6 is 0 Å². The van der Waals surface area contributed by atoms with Gasteiger partial charge in [0.25, 0.3) is 0 Å². The first-order valence-corrected chi connectivity index (χ1v) is 6.57. The molecule has 0 aliphatic heterocycles. The maximum absolute atomic E-state index is 8.76. The number of rotatable bonds is 1. The maximum Gasteiger partial charge on any atom is 0.329 e. The van der Waals surface area contributed by atoms with Crippen LogP contribution in [0.3, 0.4) is 0 Å². The van der Waals surface area contributed by atoms with Crippen LogP contribution in [0.25, 0.3) is 0 Å². The molecule has 0 saturated heterocycles. The van der Waals surface area contributed by atoms with Gasteiger partial charge in [-0.1, -0.05) is 5.16 Å². The van der Waals surface area contributed by atoms with E-state index in [0.717, 1.165) is 29.5 Å². The van der Waals surface area contributed by atoms with Gasteiger partial charge in [-0.2, -0.15) is 10.2 Å². The highest BCUT2D eigenvalue weighted by Crippen LogP contribution is 2.59. The van der Waals surface area contributed by atoms with Crippen LogP contribution < -0.4 is 0 Å². The Labute approximate surface area is 100 Å². The van der Waals surface area contributed by atoms with E-state index in [2.05, 4.69) is 10.1 Å². The third-order valence-electron chi connectivity index (χ3n) is 5.06. The first-order valence-electron chi connectivity index (χ1n) is 6.57. The van der Waals surface area contributed by atoms with E-state index in [0.29, 0.717) is 5.92 Å². The van der Waals surface area contributed by atoms with Gasteiger partial charge in [-0.3, -0.25) is 0 Å². The summed E-state index contributed by atoms with van der Waals surface area (Å²) >= 11 is 0. The number of hydrogen-bond donors (Lipinski definition) is 0. The Morgan fingerprint density at radius 2 is 1.71 bits per heavy atom. The lowest BCUT2D eigenvalue weighted by Crippen LogP contribution is -2.44. The molecule has 4 aliphatic rings. The van der Waals surface area contributed by atoms with E-state index < -0.39 is 0 Å². The summed E-state index contributed by atoms with van der Waals surface area (Å²) in [5.74, 6) is 4.79. The molecule has 0 spiro atoms. The molecule has 0 radical (unpaired) electrons. The Kier molecular flexibility index (Phi) is 1.88. The molecule has 0 atom stereocenters. The van der Waals surface area contributed by atoms with Gasteiger partial charge in [0.15, 0.2) is 11.9 Å². The average Bonchev–Trinajstić information content (AvgIpc) is 2.76. The molecular formula is C13H15N3O. The van der Waals surface area contributed by atoms with Gasteiger partial charge in [-0.15, -0.1) is 0 Å². The van der Waals surface area contributed by atoms with Gasteiger partial charge in [-0.25, -0.2) is 0 Å². The second kappa shape index (κ2) is 3.32. The molecule has 4 saturated carbocycles. The predicted molar refractivity (Wildman–Crippen MR) is 58.8 cm³/mol. The fourth-order valence-corrected chi connectivity index (χ4v) is 4.76. The van der Waals surface area contributed by atoms with Crippen molar-refractivity contribution >= 4 is 0 Å². The van der Waals surface area contributed by atoms with Crippen molar-refractivity contribution < 1.29 is 4.52 Å². The zero-order chi connectivity index (χ0) is 11.4. The standard InChI is InChI=1S/C13H15N3O/c14-6-11-15-13(16-17-11)12-9-2-7-1-8(4-9)5-10(12)3-7/h7-10,12H,1-5H2. The van der Waals surface area contributed by atoms with Crippen molar-refractivity contribution in [3.63, 3.8) is 0 Å². The second-order valence-electron chi connectivity index (χ2n) is 6.03. The van der Waals surface area contributed by atoms with Crippen LogP contribution in [-0.4, -0.2) is 10.1 Å². The lowest BCUT2D eigenvalue weighted by atomic mass is 9.52. The largest absolute Gasteiger partial charge is 0.329 e. The number of aromatic nitrogens is 2. The topological polar surface area (TPSA) is 62.7 Å². The van der Waals surface area contributed by atoms with Gasteiger partial charge >= 0.3 is 5.89 Å². The van der Waals surface area contributed by atoms with Crippen molar-refractivity contribution in [1.82, 2.24) is 10.1 Å². The monoisotopic (exact) mass is 229 g/mol. The zero-order valence-electron chi connectivity index (χ0n) is 9.67. The molecule has 1 aromatic rings. The normalized spacial score (nSPS) is 42.6. The van der Waals surface area contributed by atoms with Gasteiger partial charge in [-0.05, 0) is 55.8 Å². The van der Waals surface area contributed by atoms with E-state index in [1.54, 1.807) is 0 Å². The second-order valence-corrected chi connectivity index (χ2v) is 6.03. The summed E-state index contributed by atoms with van der Waals surface area (Å²) in [5.41, 5.74) is 0. The van der Waals surface area contributed by atoms with Crippen molar-refractivity contribution in [2.45, 2.75) is 38.0 Å². The number of nitriles is 1. The summed E-state index contributed by atoms with van der Waals surface area (Å²) in [6, 6.07) is 1.93. The molecular weight excluding hydrogens is 214 g/mol. The highest BCUT2D eigenvalue weighted by molar-refractivity contribution is 5.13. The van der Waals surface area contributed by atoms with Crippen LogP contribution in [0.2, 0.25) is 0 Å². The lowest BCUT2D eigenvalue weighted by molar-refractivity contribution is -0.00629. The van der Waals surface area contributed by atoms with E-state index in [9.17, 15) is 0 Å². The molecule has 1 aromatic heterocycles. The van der Waals surface area contributed by atoms with Crippen LogP contribution in [-0.2, 0) is 0 Å². The fourth-order valence-electron chi connectivity index (χ4n) is 4.76. The van der Waals surface area contributed by atoms with Crippen LogP contribution in [0.4, 0.5) is 0 Å². The molecule has 4 heteroatoms. The molecule has 0 aromatic carbocycles. The van der Waals surface area contributed by atoms with E-state index in [4.69, 9.17) is 9.78 Å². The smallest absolute Gasteiger partial charge is 0.323 e. The molecule has 88 valence electrons. The first-order chi connectivity index (χ1) is 8.33.